The van der Waals surface area contributed by atoms with Crippen LogP contribution in [0.2, 0.25) is 6.04 Å². The average molecular weight is 202 g/mol. The second-order valence-electron chi connectivity index (χ2n) is 2.68. The van der Waals surface area contributed by atoms with Crippen LogP contribution in [-0.4, -0.2) is 48.7 Å². The van der Waals surface area contributed by atoms with Crippen molar-refractivity contribution in [2.45, 2.75) is 12.5 Å². The molecule has 0 amide bonds. The fourth-order valence-electron chi connectivity index (χ4n) is 0.632. The van der Waals surface area contributed by atoms with Crippen LogP contribution in [0, 0.1) is 0 Å². The van der Waals surface area contributed by atoms with Gasteiger partial charge >= 0.3 is 8.80 Å². The van der Waals surface area contributed by atoms with E-state index in [-0.39, 0.29) is 18.5 Å². The molecule has 3 N–H and O–H groups in total. The Bertz CT molecular complexity index is 96.2. The van der Waals surface area contributed by atoms with E-state index in [1.807, 2.05) is 19.0 Å². The molecule has 0 saturated carbocycles. The van der Waals surface area contributed by atoms with E-state index in [9.17, 15) is 0 Å². The quantitative estimate of drug-likeness (QED) is 0.526. The molecule has 0 aromatic heterocycles. The molecule has 0 radical (unpaired) electrons. The van der Waals surface area contributed by atoms with Crippen molar-refractivity contribution >= 4 is 21.2 Å². The lowest BCUT2D eigenvalue weighted by Crippen LogP contribution is -2.35. The molecule has 0 atom stereocenters. The van der Waals surface area contributed by atoms with Gasteiger partial charge in [0.05, 0.1) is 0 Å². The molecule has 0 heterocycles. The van der Waals surface area contributed by atoms with Crippen molar-refractivity contribution in [3.63, 3.8) is 0 Å². The lowest BCUT2D eigenvalue weighted by molar-refractivity contribution is 0.224. The van der Waals surface area contributed by atoms with E-state index in [0.717, 1.165) is 6.54 Å². The Kier molecular flexibility index (Phi) is 7.50. The van der Waals surface area contributed by atoms with Gasteiger partial charge in [0.1, 0.15) is 0 Å². The van der Waals surface area contributed by atoms with Crippen LogP contribution in [0.25, 0.3) is 0 Å². The van der Waals surface area contributed by atoms with Gasteiger partial charge in [-0.05, 0) is 27.1 Å². The van der Waals surface area contributed by atoms with E-state index in [1.165, 1.54) is 0 Å². The highest BCUT2D eigenvalue weighted by molar-refractivity contribution is 6.56. The molecule has 0 aliphatic rings. The van der Waals surface area contributed by atoms with Crippen molar-refractivity contribution in [2.75, 3.05) is 20.6 Å². The van der Waals surface area contributed by atoms with Crippen LogP contribution in [-0.2, 0) is 0 Å². The van der Waals surface area contributed by atoms with Gasteiger partial charge in [0.2, 0.25) is 0 Å². The molecule has 0 fully saturated rings. The Morgan fingerprint density at radius 3 is 1.91 bits per heavy atom. The SMILES string of the molecule is CN(C)CCC[Si](O)(O)O.Cl. The number of nitrogens with zero attached hydrogens (tertiary/aromatic N) is 1. The highest BCUT2D eigenvalue weighted by Gasteiger charge is 2.25. The maximum atomic E-state index is 8.56. The van der Waals surface area contributed by atoms with E-state index in [2.05, 4.69) is 0 Å². The van der Waals surface area contributed by atoms with Gasteiger partial charge in [0, 0.05) is 6.04 Å². The molecule has 0 spiro atoms. The van der Waals surface area contributed by atoms with E-state index < -0.39 is 8.80 Å². The third kappa shape index (κ3) is 13.4. The normalized spacial score (nSPS) is 11.5. The van der Waals surface area contributed by atoms with Crippen molar-refractivity contribution in [1.82, 2.24) is 4.90 Å². The van der Waals surface area contributed by atoms with Crippen LogP contribution in [0.15, 0.2) is 0 Å². The molecule has 0 saturated heterocycles. The minimum absolute atomic E-state index is 0. The Labute approximate surface area is 74.2 Å². The lowest BCUT2D eigenvalue weighted by atomic mass is 10.5. The summed E-state index contributed by atoms with van der Waals surface area (Å²) in [5.41, 5.74) is 0. The highest BCUT2D eigenvalue weighted by atomic mass is 35.5. The van der Waals surface area contributed by atoms with Crippen LogP contribution in [0.3, 0.4) is 0 Å². The van der Waals surface area contributed by atoms with Crippen LogP contribution < -0.4 is 0 Å². The van der Waals surface area contributed by atoms with Gasteiger partial charge < -0.3 is 19.3 Å². The molecule has 0 aliphatic carbocycles. The summed E-state index contributed by atoms with van der Waals surface area (Å²) in [6.45, 7) is 0.774. The van der Waals surface area contributed by atoms with Crippen LogP contribution in [0.1, 0.15) is 6.42 Å². The molecular weight excluding hydrogens is 186 g/mol. The summed E-state index contributed by atoms with van der Waals surface area (Å²) in [6, 6.07) is 0.130. The fourth-order valence-corrected chi connectivity index (χ4v) is 1.26. The van der Waals surface area contributed by atoms with Crippen molar-refractivity contribution < 1.29 is 14.4 Å². The smallest absolute Gasteiger partial charge is 0.390 e. The molecule has 11 heavy (non-hydrogen) atoms. The van der Waals surface area contributed by atoms with Crippen molar-refractivity contribution in [3.05, 3.63) is 0 Å². The van der Waals surface area contributed by atoms with E-state index in [0.29, 0.717) is 6.42 Å². The highest BCUT2D eigenvalue weighted by Crippen LogP contribution is 2.00. The predicted molar refractivity (Wildman–Crippen MR) is 47.6 cm³/mol. The number of halogens is 1. The van der Waals surface area contributed by atoms with Gasteiger partial charge in [0.15, 0.2) is 0 Å². The maximum Gasteiger partial charge on any atom is 0.492 e. The topological polar surface area (TPSA) is 63.9 Å². The van der Waals surface area contributed by atoms with Gasteiger partial charge in [-0.3, -0.25) is 0 Å². The van der Waals surface area contributed by atoms with Crippen LogP contribution in [0.5, 0.6) is 0 Å². The van der Waals surface area contributed by atoms with Gasteiger partial charge in [-0.15, -0.1) is 12.4 Å². The molecule has 6 heteroatoms. The van der Waals surface area contributed by atoms with Crippen molar-refractivity contribution in [1.29, 1.82) is 0 Å². The van der Waals surface area contributed by atoms with Gasteiger partial charge in [-0.25, -0.2) is 0 Å². The molecule has 0 aromatic carbocycles. The first-order valence-corrected chi connectivity index (χ1v) is 5.28. The molecule has 70 valence electrons. The lowest BCUT2D eigenvalue weighted by Gasteiger charge is -2.11. The third-order valence-corrected chi connectivity index (χ3v) is 2.14. The first-order valence-electron chi connectivity index (χ1n) is 3.24. The first-order chi connectivity index (χ1) is 4.42. The minimum Gasteiger partial charge on any atom is -0.390 e. The molecule has 0 bridgehead atoms. The molecule has 0 aromatic rings. The zero-order valence-electron chi connectivity index (χ0n) is 6.82. The number of rotatable bonds is 4. The standard InChI is InChI=1S/C5H15NO3Si.ClH/c1-6(2)4-3-5-10(7,8)9;/h7-9H,3-5H2,1-2H3;1H. The molecule has 4 nitrogen and oxygen atoms in total. The number of hydrogen-bond acceptors (Lipinski definition) is 4. The van der Waals surface area contributed by atoms with Crippen LogP contribution >= 0.6 is 12.4 Å². The monoisotopic (exact) mass is 201 g/mol. The van der Waals surface area contributed by atoms with Gasteiger partial charge in [-0.2, -0.15) is 0 Å². The Morgan fingerprint density at radius 2 is 1.64 bits per heavy atom. The zero-order valence-corrected chi connectivity index (χ0v) is 8.63. The molecular formula is C5H16ClNO3Si. The van der Waals surface area contributed by atoms with Crippen LogP contribution in [0.4, 0.5) is 0 Å². The van der Waals surface area contributed by atoms with Crippen molar-refractivity contribution in [2.24, 2.45) is 0 Å². The summed E-state index contributed by atoms with van der Waals surface area (Å²) in [6.07, 6.45) is 0.628. The predicted octanol–water partition coefficient (Wildman–Crippen LogP) is -0.724. The fraction of sp³-hybridized carbons (Fsp3) is 1.00. The van der Waals surface area contributed by atoms with E-state index in [4.69, 9.17) is 14.4 Å². The van der Waals surface area contributed by atoms with E-state index >= 15 is 0 Å². The minimum atomic E-state index is -3.75. The molecule has 0 unspecified atom stereocenters. The average Bonchev–Trinajstić information content (AvgIpc) is 1.59. The second-order valence-corrected chi connectivity index (χ2v) is 4.73. The van der Waals surface area contributed by atoms with E-state index in [1.54, 1.807) is 0 Å². The second kappa shape index (κ2) is 5.93. The van der Waals surface area contributed by atoms with Crippen molar-refractivity contribution in [3.8, 4) is 0 Å². The number of hydrogen-bond donors (Lipinski definition) is 3. The Balaban J connectivity index is 0. The molecule has 0 rings (SSSR count). The van der Waals surface area contributed by atoms with Gasteiger partial charge in [0.25, 0.3) is 0 Å². The summed E-state index contributed by atoms with van der Waals surface area (Å²) in [5, 5.41) is 0. The van der Waals surface area contributed by atoms with Gasteiger partial charge in [-0.1, -0.05) is 0 Å². The Morgan fingerprint density at radius 1 is 1.18 bits per heavy atom. The third-order valence-electron chi connectivity index (χ3n) is 1.12. The summed E-state index contributed by atoms with van der Waals surface area (Å²) < 4.78 is 0. The summed E-state index contributed by atoms with van der Waals surface area (Å²) in [4.78, 5) is 27.6. The summed E-state index contributed by atoms with van der Waals surface area (Å²) in [5.74, 6) is 0. The maximum absolute atomic E-state index is 8.56. The first kappa shape index (κ1) is 13.9. The Hall–Kier alpha value is 0.347. The molecule has 0 aliphatic heterocycles. The summed E-state index contributed by atoms with van der Waals surface area (Å²) >= 11 is 0. The largest absolute Gasteiger partial charge is 0.492 e. The summed E-state index contributed by atoms with van der Waals surface area (Å²) in [7, 11) is 0.0456. The zero-order chi connectivity index (χ0) is 8.20.